The van der Waals surface area contributed by atoms with Gasteiger partial charge >= 0.3 is 0 Å². The van der Waals surface area contributed by atoms with Crippen LogP contribution in [0.3, 0.4) is 0 Å². The monoisotopic (exact) mass is 233 g/mol. The molecule has 0 unspecified atom stereocenters. The molecule has 3 rings (SSSR count). The van der Waals surface area contributed by atoms with E-state index < -0.39 is 0 Å². The van der Waals surface area contributed by atoms with Crippen LogP contribution in [0.5, 0.6) is 0 Å². The summed E-state index contributed by atoms with van der Waals surface area (Å²) in [5.41, 5.74) is -0.170. The lowest BCUT2D eigenvalue weighted by Crippen LogP contribution is -2.11. The van der Waals surface area contributed by atoms with Crippen LogP contribution < -0.4 is 5.56 Å². The Labute approximate surface area is 94.0 Å². The summed E-state index contributed by atoms with van der Waals surface area (Å²) in [6.45, 7) is 1.87. The lowest BCUT2D eigenvalue weighted by Gasteiger charge is -1.89. The molecule has 0 aromatic carbocycles. The standard InChI is InChI=1S/C10H7N3O2S/c1-6-5-8(14)13-10(16-6)11-9(12-13)7-3-2-4-15-7/h2-5H,1H3. The number of nitrogens with zero attached hydrogens (tertiary/aromatic N) is 3. The molecule has 0 aliphatic carbocycles. The van der Waals surface area contributed by atoms with Gasteiger partial charge in [-0.1, -0.05) is 0 Å². The number of rotatable bonds is 1. The van der Waals surface area contributed by atoms with Gasteiger partial charge in [0.25, 0.3) is 5.56 Å². The third kappa shape index (κ3) is 1.35. The molecule has 3 heterocycles. The predicted octanol–water partition coefficient (Wildman–Crippen LogP) is 1.72. The Morgan fingerprint density at radius 2 is 2.38 bits per heavy atom. The van der Waals surface area contributed by atoms with Crippen molar-refractivity contribution in [3.05, 3.63) is 39.7 Å². The Kier molecular flexibility index (Phi) is 1.90. The maximum absolute atomic E-state index is 11.6. The molecule has 5 nitrogen and oxygen atoms in total. The van der Waals surface area contributed by atoms with Crippen LogP contribution in [-0.4, -0.2) is 14.6 Å². The van der Waals surface area contributed by atoms with Gasteiger partial charge in [0, 0.05) is 10.9 Å². The summed E-state index contributed by atoms with van der Waals surface area (Å²) in [6, 6.07) is 5.06. The molecule has 0 atom stereocenters. The molecule has 0 aliphatic heterocycles. The minimum atomic E-state index is -0.170. The lowest BCUT2D eigenvalue weighted by molar-refractivity contribution is 0.577. The van der Waals surface area contributed by atoms with Gasteiger partial charge in [0.2, 0.25) is 10.8 Å². The number of aryl methyl sites for hydroxylation is 1. The minimum Gasteiger partial charge on any atom is -0.461 e. The summed E-state index contributed by atoms with van der Waals surface area (Å²) in [4.78, 5) is 17.4. The van der Waals surface area contributed by atoms with Crippen LogP contribution in [0.15, 0.2) is 33.7 Å². The van der Waals surface area contributed by atoms with Crippen molar-refractivity contribution in [3.8, 4) is 11.6 Å². The first-order valence-electron chi connectivity index (χ1n) is 4.65. The molecule has 0 saturated carbocycles. The fourth-order valence-electron chi connectivity index (χ4n) is 1.43. The van der Waals surface area contributed by atoms with Gasteiger partial charge < -0.3 is 4.42 Å². The second kappa shape index (κ2) is 3.28. The number of aromatic nitrogens is 3. The quantitative estimate of drug-likeness (QED) is 0.642. The summed E-state index contributed by atoms with van der Waals surface area (Å²) >= 11 is 1.42. The van der Waals surface area contributed by atoms with Crippen molar-refractivity contribution in [2.24, 2.45) is 0 Å². The van der Waals surface area contributed by atoms with Crippen molar-refractivity contribution in [1.82, 2.24) is 14.6 Å². The van der Waals surface area contributed by atoms with Gasteiger partial charge in [-0.25, -0.2) is 0 Å². The highest BCUT2D eigenvalue weighted by molar-refractivity contribution is 7.16. The van der Waals surface area contributed by atoms with Crippen LogP contribution in [0.25, 0.3) is 16.5 Å². The van der Waals surface area contributed by atoms with E-state index >= 15 is 0 Å². The number of fused-ring (bicyclic) bond motifs is 1. The van der Waals surface area contributed by atoms with Crippen LogP contribution in [0, 0.1) is 6.92 Å². The van der Waals surface area contributed by atoms with E-state index in [2.05, 4.69) is 10.1 Å². The molecule has 0 fully saturated rings. The third-order valence-corrected chi connectivity index (χ3v) is 2.99. The Morgan fingerprint density at radius 3 is 3.12 bits per heavy atom. The zero-order valence-electron chi connectivity index (χ0n) is 8.38. The van der Waals surface area contributed by atoms with Crippen LogP contribution in [0.1, 0.15) is 4.88 Å². The van der Waals surface area contributed by atoms with E-state index in [0.29, 0.717) is 16.5 Å². The van der Waals surface area contributed by atoms with Crippen molar-refractivity contribution in [1.29, 1.82) is 0 Å². The Balaban J connectivity index is 2.31. The van der Waals surface area contributed by atoms with E-state index in [-0.39, 0.29) is 5.56 Å². The van der Waals surface area contributed by atoms with Crippen molar-refractivity contribution in [3.63, 3.8) is 0 Å². The first-order valence-corrected chi connectivity index (χ1v) is 5.47. The van der Waals surface area contributed by atoms with Gasteiger partial charge in [0.1, 0.15) is 0 Å². The van der Waals surface area contributed by atoms with E-state index in [1.54, 1.807) is 18.4 Å². The first kappa shape index (κ1) is 9.29. The van der Waals surface area contributed by atoms with Crippen LogP contribution in [0.2, 0.25) is 0 Å². The largest absolute Gasteiger partial charge is 0.461 e. The topological polar surface area (TPSA) is 60.4 Å². The second-order valence-corrected chi connectivity index (χ2v) is 4.52. The molecule has 0 spiro atoms. The molecule has 0 bridgehead atoms. The average molecular weight is 233 g/mol. The van der Waals surface area contributed by atoms with Crippen molar-refractivity contribution in [2.45, 2.75) is 6.92 Å². The van der Waals surface area contributed by atoms with Crippen LogP contribution >= 0.6 is 11.3 Å². The summed E-state index contributed by atoms with van der Waals surface area (Å²) < 4.78 is 6.47. The fourth-order valence-corrected chi connectivity index (χ4v) is 2.22. The molecule has 6 heteroatoms. The fraction of sp³-hybridized carbons (Fsp3) is 0.100. The summed E-state index contributed by atoms with van der Waals surface area (Å²) in [5, 5.41) is 4.11. The van der Waals surface area contributed by atoms with Gasteiger partial charge in [-0.05, 0) is 19.1 Å². The third-order valence-electron chi connectivity index (χ3n) is 2.11. The van der Waals surface area contributed by atoms with Crippen molar-refractivity contribution >= 4 is 16.3 Å². The SMILES string of the molecule is Cc1cc(=O)n2nc(-c3ccco3)nc2s1. The van der Waals surface area contributed by atoms with E-state index in [1.807, 2.05) is 6.92 Å². The number of hydrogen-bond acceptors (Lipinski definition) is 5. The molecule has 3 aromatic rings. The van der Waals surface area contributed by atoms with Crippen LogP contribution in [0.4, 0.5) is 0 Å². The predicted molar refractivity (Wildman–Crippen MR) is 59.6 cm³/mol. The first-order chi connectivity index (χ1) is 7.74. The van der Waals surface area contributed by atoms with Gasteiger partial charge in [-0.15, -0.1) is 16.4 Å². The van der Waals surface area contributed by atoms with E-state index in [1.165, 1.54) is 21.9 Å². The lowest BCUT2D eigenvalue weighted by atomic mass is 10.4. The normalized spacial score (nSPS) is 11.1. The summed E-state index contributed by atoms with van der Waals surface area (Å²) in [5.74, 6) is 0.997. The molecule has 0 N–H and O–H groups in total. The maximum Gasteiger partial charge on any atom is 0.274 e. The number of hydrogen-bond donors (Lipinski definition) is 0. The smallest absolute Gasteiger partial charge is 0.274 e. The molecular formula is C10H7N3O2S. The van der Waals surface area contributed by atoms with E-state index in [4.69, 9.17) is 4.42 Å². The maximum atomic E-state index is 11.6. The second-order valence-electron chi connectivity index (χ2n) is 3.30. The van der Waals surface area contributed by atoms with Crippen molar-refractivity contribution < 1.29 is 4.42 Å². The minimum absolute atomic E-state index is 0.170. The Hall–Kier alpha value is -1.95. The molecule has 0 aliphatic rings. The summed E-state index contributed by atoms with van der Waals surface area (Å²) in [6.07, 6.45) is 1.55. The number of furan rings is 1. The molecular weight excluding hydrogens is 226 g/mol. The van der Waals surface area contributed by atoms with Gasteiger partial charge in [0.05, 0.1) is 6.26 Å². The highest BCUT2D eigenvalue weighted by atomic mass is 32.1. The van der Waals surface area contributed by atoms with Gasteiger partial charge in [-0.2, -0.15) is 9.50 Å². The van der Waals surface area contributed by atoms with E-state index in [0.717, 1.165) is 4.88 Å². The molecule has 0 saturated heterocycles. The molecule has 3 aromatic heterocycles. The zero-order valence-corrected chi connectivity index (χ0v) is 9.19. The molecule has 80 valence electrons. The summed E-state index contributed by atoms with van der Waals surface area (Å²) in [7, 11) is 0. The van der Waals surface area contributed by atoms with Crippen LogP contribution in [-0.2, 0) is 0 Å². The zero-order chi connectivity index (χ0) is 11.1. The van der Waals surface area contributed by atoms with Gasteiger partial charge in [0.15, 0.2) is 5.76 Å². The van der Waals surface area contributed by atoms with E-state index in [9.17, 15) is 4.79 Å². The molecule has 0 radical (unpaired) electrons. The average Bonchev–Trinajstić information content (AvgIpc) is 2.82. The van der Waals surface area contributed by atoms with Crippen molar-refractivity contribution in [2.75, 3.05) is 0 Å². The molecule has 0 amide bonds. The Bertz CT molecular complexity index is 696. The highest BCUT2D eigenvalue weighted by Gasteiger charge is 2.10. The molecule has 16 heavy (non-hydrogen) atoms. The van der Waals surface area contributed by atoms with Gasteiger partial charge in [-0.3, -0.25) is 4.79 Å². The highest BCUT2D eigenvalue weighted by Crippen LogP contribution is 2.18. The Morgan fingerprint density at radius 1 is 1.50 bits per heavy atom.